The molecule has 0 radical (unpaired) electrons. The highest BCUT2D eigenvalue weighted by Gasteiger charge is 2.41. The number of aliphatic imine (C=N–C) groups is 1. The van der Waals surface area contributed by atoms with Gasteiger partial charge in [-0.25, -0.2) is 4.99 Å². The Morgan fingerprint density at radius 2 is 1.66 bits per heavy atom. The minimum absolute atomic E-state index is 0.0305. The third-order valence-electron chi connectivity index (χ3n) is 6.77. The number of fused-ring (bicyclic) bond motifs is 1. The molecule has 2 heterocycles. The molecule has 6 rings (SSSR count). The van der Waals surface area contributed by atoms with Crippen LogP contribution in [0.2, 0.25) is 5.02 Å². The quantitative estimate of drug-likeness (QED) is 0.241. The van der Waals surface area contributed by atoms with Gasteiger partial charge in [0.25, 0.3) is 11.4 Å². The molecule has 1 atom stereocenters. The number of non-ortho nitro benzene ring substituents is 2. The van der Waals surface area contributed by atoms with Gasteiger partial charge in [-0.05, 0) is 58.9 Å². The van der Waals surface area contributed by atoms with Crippen LogP contribution in [-0.4, -0.2) is 19.9 Å². The van der Waals surface area contributed by atoms with Gasteiger partial charge in [0.05, 0.1) is 27.3 Å². The van der Waals surface area contributed by atoms with Crippen molar-refractivity contribution in [2.45, 2.75) is 18.9 Å². The van der Waals surface area contributed by atoms with E-state index in [-0.39, 0.29) is 22.3 Å². The second kappa shape index (κ2) is 9.59. The van der Waals surface area contributed by atoms with Gasteiger partial charge in [0.1, 0.15) is 0 Å². The predicted molar refractivity (Wildman–Crippen MR) is 149 cm³/mol. The molecule has 8 nitrogen and oxygen atoms in total. The van der Waals surface area contributed by atoms with Crippen LogP contribution in [0.4, 0.5) is 11.4 Å². The lowest BCUT2D eigenvalue weighted by Crippen LogP contribution is -2.32. The van der Waals surface area contributed by atoms with E-state index in [0.29, 0.717) is 11.4 Å². The summed E-state index contributed by atoms with van der Waals surface area (Å²) in [4.78, 5) is 29.3. The molecule has 0 aromatic heterocycles. The van der Waals surface area contributed by atoms with Crippen molar-refractivity contribution < 1.29 is 9.85 Å². The second-order valence-corrected chi connectivity index (χ2v) is 10.3. The molecule has 38 heavy (non-hydrogen) atoms. The molecule has 1 aliphatic carbocycles. The number of nitro benzene ring substituents is 2. The van der Waals surface area contributed by atoms with Crippen LogP contribution in [0, 0.1) is 20.2 Å². The largest absolute Gasteiger partial charge is 0.308 e. The molecule has 0 bridgehead atoms. The van der Waals surface area contributed by atoms with Crippen molar-refractivity contribution in [1.82, 2.24) is 4.90 Å². The third-order valence-corrected chi connectivity index (χ3v) is 7.86. The summed E-state index contributed by atoms with van der Waals surface area (Å²) in [5, 5.41) is 26.3. The summed E-state index contributed by atoms with van der Waals surface area (Å²) in [6.45, 7) is 0. The highest BCUT2D eigenvalue weighted by atomic mass is 35.5. The van der Waals surface area contributed by atoms with Crippen LogP contribution in [0.1, 0.15) is 35.6 Å². The van der Waals surface area contributed by atoms with Crippen molar-refractivity contribution in [3.8, 4) is 0 Å². The summed E-state index contributed by atoms with van der Waals surface area (Å²) in [5.74, 6) is 0. The molecule has 0 fully saturated rings. The van der Waals surface area contributed by atoms with Crippen LogP contribution in [0.15, 0.2) is 100 Å². The Hall–Kier alpha value is -4.21. The lowest BCUT2D eigenvalue weighted by atomic mass is 9.93. The van der Waals surface area contributed by atoms with E-state index in [0.717, 1.165) is 50.8 Å². The first-order chi connectivity index (χ1) is 18.4. The number of nitro groups is 2. The molecule has 3 aliphatic rings. The maximum Gasteiger partial charge on any atom is 0.270 e. The SMILES string of the molecule is O=[N+]([O-])c1cccc(/C=C2\CCC3=C2N=C2SC=C(c4ccc(Cl)cc4)N2C3c2cccc([N+](=O)[O-])c2)c1. The molecule has 3 aromatic carbocycles. The van der Waals surface area contributed by atoms with E-state index >= 15 is 0 Å². The first-order valence-corrected chi connectivity index (χ1v) is 13.1. The molecular formula is C28H19ClN4O4S. The number of hydrogen-bond acceptors (Lipinski definition) is 7. The van der Waals surface area contributed by atoms with E-state index in [1.165, 1.54) is 23.9 Å². The molecule has 1 unspecified atom stereocenters. The van der Waals surface area contributed by atoms with Crippen molar-refractivity contribution in [3.63, 3.8) is 0 Å². The first-order valence-electron chi connectivity index (χ1n) is 11.8. The molecule has 0 saturated heterocycles. The zero-order chi connectivity index (χ0) is 26.4. The summed E-state index contributed by atoms with van der Waals surface area (Å²) in [6, 6.07) is 20.6. The Morgan fingerprint density at radius 3 is 2.39 bits per heavy atom. The van der Waals surface area contributed by atoms with Gasteiger partial charge in [0, 0.05) is 34.7 Å². The molecule has 2 aliphatic heterocycles. The summed E-state index contributed by atoms with van der Waals surface area (Å²) >= 11 is 7.64. The van der Waals surface area contributed by atoms with E-state index < -0.39 is 4.92 Å². The van der Waals surface area contributed by atoms with Crippen LogP contribution < -0.4 is 0 Å². The predicted octanol–water partition coefficient (Wildman–Crippen LogP) is 7.75. The highest BCUT2D eigenvalue weighted by molar-refractivity contribution is 8.16. The number of benzene rings is 3. The Balaban J connectivity index is 1.47. The lowest BCUT2D eigenvalue weighted by molar-refractivity contribution is -0.385. The van der Waals surface area contributed by atoms with Crippen LogP contribution in [0.25, 0.3) is 11.8 Å². The van der Waals surface area contributed by atoms with Gasteiger partial charge in [0.15, 0.2) is 5.17 Å². The standard InChI is InChI=1S/C28H19ClN4O4S/c29-21-10-7-18(8-11-21)25-16-38-28-30-26-19(13-17-3-1-5-22(14-17)32(34)35)9-12-24(26)27(31(25)28)20-4-2-6-23(15-20)33(36)37/h1-8,10-11,13-16,27H,9,12H2/b19-13+. The van der Waals surface area contributed by atoms with Gasteiger partial charge in [-0.2, -0.15) is 0 Å². The molecule has 188 valence electrons. The van der Waals surface area contributed by atoms with Crippen molar-refractivity contribution in [3.05, 3.63) is 137 Å². The lowest BCUT2D eigenvalue weighted by Gasteiger charge is -2.36. The number of amidine groups is 1. The Labute approximate surface area is 226 Å². The van der Waals surface area contributed by atoms with Crippen molar-refractivity contribution in [1.29, 1.82) is 0 Å². The zero-order valence-electron chi connectivity index (χ0n) is 19.8. The Bertz CT molecular complexity index is 1630. The van der Waals surface area contributed by atoms with Crippen LogP contribution >= 0.6 is 23.4 Å². The average molecular weight is 543 g/mol. The minimum atomic E-state index is -0.405. The summed E-state index contributed by atoms with van der Waals surface area (Å²) in [6.07, 6.45) is 3.38. The summed E-state index contributed by atoms with van der Waals surface area (Å²) in [7, 11) is 0. The van der Waals surface area contributed by atoms with E-state index in [9.17, 15) is 20.2 Å². The fourth-order valence-corrected chi connectivity index (χ4v) is 6.14. The van der Waals surface area contributed by atoms with Crippen LogP contribution in [-0.2, 0) is 0 Å². The zero-order valence-corrected chi connectivity index (χ0v) is 21.4. The van der Waals surface area contributed by atoms with E-state index in [4.69, 9.17) is 16.6 Å². The monoisotopic (exact) mass is 542 g/mol. The molecule has 10 heteroatoms. The molecule has 3 aromatic rings. The van der Waals surface area contributed by atoms with Gasteiger partial charge in [-0.3, -0.25) is 20.2 Å². The number of rotatable bonds is 5. The molecular weight excluding hydrogens is 524 g/mol. The third kappa shape index (κ3) is 4.29. The second-order valence-electron chi connectivity index (χ2n) is 9.04. The average Bonchev–Trinajstić information content (AvgIpc) is 3.52. The van der Waals surface area contributed by atoms with Crippen molar-refractivity contribution in [2.24, 2.45) is 4.99 Å². The smallest absolute Gasteiger partial charge is 0.270 e. The topological polar surface area (TPSA) is 102 Å². The Kier molecular flexibility index (Phi) is 6.09. The highest BCUT2D eigenvalue weighted by Crippen LogP contribution is 2.52. The van der Waals surface area contributed by atoms with E-state index in [1.807, 2.05) is 47.9 Å². The van der Waals surface area contributed by atoms with E-state index in [1.54, 1.807) is 24.3 Å². The fourth-order valence-electron chi connectivity index (χ4n) is 5.08. The van der Waals surface area contributed by atoms with Crippen molar-refractivity contribution >= 4 is 51.7 Å². The number of allylic oxidation sites excluding steroid dienone is 1. The van der Waals surface area contributed by atoms with Gasteiger partial charge < -0.3 is 4.90 Å². The van der Waals surface area contributed by atoms with Crippen LogP contribution in [0.5, 0.6) is 0 Å². The van der Waals surface area contributed by atoms with Crippen LogP contribution in [0.3, 0.4) is 0 Å². The first kappa shape index (κ1) is 24.1. The van der Waals surface area contributed by atoms with Gasteiger partial charge in [-0.15, -0.1) is 0 Å². The molecule has 0 saturated carbocycles. The molecule has 0 spiro atoms. The summed E-state index contributed by atoms with van der Waals surface area (Å²) < 4.78 is 0. The maximum absolute atomic E-state index is 11.6. The number of thioether (sulfide) groups is 1. The molecule has 0 amide bonds. The summed E-state index contributed by atoms with van der Waals surface area (Å²) in [5.41, 5.74) is 6.42. The number of hydrogen-bond donors (Lipinski definition) is 0. The van der Waals surface area contributed by atoms with E-state index in [2.05, 4.69) is 4.90 Å². The minimum Gasteiger partial charge on any atom is -0.308 e. The Morgan fingerprint density at radius 1 is 0.947 bits per heavy atom. The molecule has 0 N–H and O–H groups in total. The van der Waals surface area contributed by atoms with Gasteiger partial charge >= 0.3 is 0 Å². The van der Waals surface area contributed by atoms with Crippen molar-refractivity contribution in [2.75, 3.05) is 0 Å². The van der Waals surface area contributed by atoms with Gasteiger partial charge in [-0.1, -0.05) is 59.8 Å². The number of halogens is 1. The normalized spacial score (nSPS) is 19.2. The fraction of sp³-hybridized carbons (Fsp3) is 0.107. The number of nitrogens with zero attached hydrogens (tertiary/aromatic N) is 4. The van der Waals surface area contributed by atoms with Gasteiger partial charge in [0.2, 0.25) is 0 Å². The maximum atomic E-state index is 11.6.